The third-order valence-corrected chi connectivity index (χ3v) is 6.85. The number of aromatic nitrogens is 2. The number of anilines is 1. The highest BCUT2D eigenvalue weighted by molar-refractivity contribution is 5.83. The lowest BCUT2D eigenvalue weighted by atomic mass is 9.94. The molecular weight excluding hydrogens is 336 g/mol. The van der Waals surface area contributed by atoms with Gasteiger partial charge in [0, 0.05) is 37.0 Å². The van der Waals surface area contributed by atoms with Gasteiger partial charge in [-0.25, -0.2) is 9.97 Å². The summed E-state index contributed by atoms with van der Waals surface area (Å²) in [5, 5.41) is 1.13. The smallest absolute Gasteiger partial charge is 0.226 e. The molecule has 3 heterocycles. The van der Waals surface area contributed by atoms with Gasteiger partial charge >= 0.3 is 0 Å². The van der Waals surface area contributed by atoms with Crippen molar-refractivity contribution >= 4 is 22.8 Å². The Hall–Kier alpha value is -2.17. The molecule has 1 amide bonds. The van der Waals surface area contributed by atoms with E-state index in [1.165, 1.54) is 24.8 Å². The molecule has 5 nitrogen and oxygen atoms in total. The summed E-state index contributed by atoms with van der Waals surface area (Å²) in [4.78, 5) is 27.0. The van der Waals surface area contributed by atoms with E-state index in [1.807, 2.05) is 0 Å². The molecule has 1 saturated carbocycles. The highest BCUT2D eigenvalue weighted by atomic mass is 16.2. The Morgan fingerprint density at radius 1 is 1.07 bits per heavy atom. The maximum absolute atomic E-state index is 13.0. The predicted molar refractivity (Wildman–Crippen MR) is 107 cm³/mol. The number of hydrogen-bond acceptors (Lipinski definition) is 4. The van der Waals surface area contributed by atoms with E-state index >= 15 is 0 Å². The quantitative estimate of drug-likeness (QED) is 0.819. The molecule has 0 spiro atoms. The fourth-order valence-electron chi connectivity index (χ4n) is 5.28. The maximum Gasteiger partial charge on any atom is 0.226 e. The third-order valence-electron chi connectivity index (χ3n) is 6.85. The van der Waals surface area contributed by atoms with Gasteiger partial charge in [0.1, 0.15) is 0 Å². The molecule has 2 saturated heterocycles. The lowest BCUT2D eigenvalue weighted by Crippen LogP contribution is -2.45. The highest BCUT2D eigenvalue weighted by Gasteiger charge is 2.42. The van der Waals surface area contributed by atoms with E-state index in [4.69, 9.17) is 9.97 Å². The van der Waals surface area contributed by atoms with Crippen LogP contribution in [0.5, 0.6) is 0 Å². The molecule has 1 aromatic carbocycles. The number of benzene rings is 1. The van der Waals surface area contributed by atoms with Gasteiger partial charge in [0.25, 0.3) is 0 Å². The van der Waals surface area contributed by atoms with Gasteiger partial charge in [0.2, 0.25) is 11.9 Å². The molecule has 5 rings (SSSR count). The number of carbonyl (C=O) groups excluding carboxylic acids is 1. The average molecular weight is 364 g/mol. The van der Waals surface area contributed by atoms with E-state index in [1.54, 1.807) is 0 Å². The molecule has 27 heavy (non-hydrogen) atoms. The molecule has 5 heteroatoms. The second-order valence-electron chi connectivity index (χ2n) is 8.71. The summed E-state index contributed by atoms with van der Waals surface area (Å²) in [6.45, 7) is 6.91. The minimum absolute atomic E-state index is 0.185. The van der Waals surface area contributed by atoms with Crippen LogP contribution in [-0.2, 0) is 4.79 Å². The summed E-state index contributed by atoms with van der Waals surface area (Å²) >= 11 is 0. The number of likely N-dealkylation sites (tertiary alicyclic amines) is 1. The van der Waals surface area contributed by atoms with E-state index in [9.17, 15) is 4.79 Å². The molecule has 0 radical (unpaired) electrons. The summed E-state index contributed by atoms with van der Waals surface area (Å²) in [5.41, 5.74) is 3.27. The maximum atomic E-state index is 13.0. The van der Waals surface area contributed by atoms with E-state index in [0.717, 1.165) is 60.9 Å². The van der Waals surface area contributed by atoms with Crippen molar-refractivity contribution in [1.82, 2.24) is 14.9 Å². The summed E-state index contributed by atoms with van der Waals surface area (Å²) in [7, 11) is 0. The fraction of sp³-hybridized carbons (Fsp3) is 0.591. The normalized spacial score (nSPS) is 25.6. The standard InChI is InChI=1S/C22H28N4O/c1-14-3-6-20-19(11-14)15(2)23-22(24-20)25-9-7-17(8-10-25)21(27)26-13-16-4-5-18(26)12-16/h3,6,11,16-18H,4-5,7-10,12-13H2,1-2H3/t16-,18+/m0/s1. The summed E-state index contributed by atoms with van der Waals surface area (Å²) in [6.07, 6.45) is 5.63. The highest BCUT2D eigenvalue weighted by Crippen LogP contribution is 2.39. The molecule has 1 aromatic heterocycles. The fourth-order valence-corrected chi connectivity index (χ4v) is 5.28. The van der Waals surface area contributed by atoms with Crippen LogP contribution in [0.15, 0.2) is 18.2 Å². The number of aryl methyl sites for hydroxylation is 2. The van der Waals surface area contributed by atoms with E-state index in [-0.39, 0.29) is 5.92 Å². The van der Waals surface area contributed by atoms with Gasteiger partial charge in [-0.3, -0.25) is 4.79 Å². The van der Waals surface area contributed by atoms with E-state index in [2.05, 4.69) is 41.8 Å². The lowest BCUT2D eigenvalue weighted by Gasteiger charge is -2.36. The second kappa shape index (κ2) is 6.47. The number of fused-ring (bicyclic) bond motifs is 3. The van der Waals surface area contributed by atoms with E-state index < -0.39 is 0 Å². The molecule has 3 fully saturated rings. The van der Waals surface area contributed by atoms with Crippen LogP contribution < -0.4 is 4.90 Å². The molecule has 0 N–H and O–H groups in total. The van der Waals surface area contributed by atoms with Crippen molar-refractivity contribution in [3.8, 4) is 0 Å². The number of carbonyl (C=O) groups is 1. The van der Waals surface area contributed by atoms with Crippen LogP contribution >= 0.6 is 0 Å². The Kier molecular flexibility index (Phi) is 4.06. The van der Waals surface area contributed by atoms with Crippen LogP contribution in [0.25, 0.3) is 10.9 Å². The average Bonchev–Trinajstić information content (AvgIpc) is 3.31. The van der Waals surface area contributed by atoms with Crippen molar-refractivity contribution in [2.75, 3.05) is 24.5 Å². The van der Waals surface area contributed by atoms with Crippen LogP contribution in [0, 0.1) is 25.7 Å². The molecule has 3 aliphatic rings. The van der Waals surface area contributed by atoms with Crippen molar-refractivity contribution in [3.63, 3.8) is 0 Å². The predicted octanol–water partition coefficient (Wildman–Crippen LogP) is 3.47. The van der Waals surface area contributed by atoms with Gasteiger partial charge in [-0.1, -0.05) is 11.6 Å². The summed E-state index contributed by atoms with van der Waals surface area (Å²) in [5.74, 6) is 2.18. The largest absolute Gasteiger partial charge is 0.341 e. The van der Waals surface area contributed by atoms with Crippen molar-refractivity contribution in [3.05, 3.63) is 29.5 Å². The number of hydrogen-bond donors (Lipinski definition) is 0. The third kappa shape index (κ3) is 2.97. The van der Waals surface area contributed by atoms with Crippen LogP contribution in [0.4, 0.5) is 5.95 Å². The van der Waals surface area contributed by atoms with Crippen LogP contribution in [0.2, 0.25) is 0 Å². The minimum Gasteiger partial charge on any atom is -0.341 e. The zero-order chi connectivity index (χ0) is 18.5. The Morgan fingerprint density at radius 3 is 2.59 bits per heavy atom. The van der Waals surface area contributed by atoms with Crippen LogP contribution in [-0.4, -0.2) is 46.5 Å². The number of piperidine rings is 2. The van der Waals surface area contributed by atoms with Gasteiger partial charge in [0.15, 0.2) is 0 Å². The first-order chi connectivity index (χ1) is 13.1. The number of amides is 1. The Bertz CT molecular complexity index is 887. The van der Waals surface area contributed by atoms with E-state index in [0.29, 0.717) is 11.9 Å². The molecule has 2 aliphatic heterocycles. The SMILES string of the molecule is Cc1ccc2nc(N3CCC(C(=O)N4C[C@H]5CC[C@@H]4C5)CC3)nc(C)c2c1. The molecule has 2 aromatic rings. The summed E-state index contributed by atoms with van der Waals surface area (Å²) in [6, 6.07) is 6.88. The molecule has 0 unspecified atom stereocenters. The van der Waals surface area contributed by atoms with Crippen LogP contribution in [0.3, 0.4) is 0 Å². The van der Waals surface area contributed by atoms with Gasteiger partial charge in [0.05, 0.1) is 11.2 Å². The first-order valence-electron chi connectivity index (χ1n) is 10.4. The first kappa shape index (κ1) is 17.0. The topological polar surface area (TPSA) is 49.3 Å². The molecule has 142 valence electrons. The van der Waals surface area contributed by atoms with Crippen molar-refractivity contribution in [2.45, 2.75) is 52.0 Å². The van der Waals surface area contributed by atoms with Gasteiger partial charge in [-0.2, -0.15) is 0 Å². The van der Waals surface area contributed by atoms with Gasteiger partial charge in [-0.15, -0.1) is 0 Å². The summed E-state index contributed by atoms with van der Waals surface area (Å²) < 4.78 is 0. The van der Waals surface area contributed by atoms with Crippen LogP contribution in [0.1, 0.15) is 43.4 Å². The van der Waals surface area contributed by atoms with Crippen molar-refractivity contribution in [2.24, 2.45) is 11.8 Å². The van der Waals surface area contributed by atoms with Crippen molar-refractivity contribution in [1.29, 1.82) is 0 Å². The zero-order valence-corrected chi connectivity index (χ0v) is 16.3. The number of rotatable bonds is 2. The molecule has 1 aliphatic carbocycles. The second-order valence-corrected chi connectivity index (χ2v) is 8.71. The van der Waals surface area contributed by atoms with Crippen molar-refractivity contribution < 1.29 is 4.79 Å². The molecule has 2 atom stereocenters. The van der Waals surface area contributed by atoms with Gasteiger partial charge in [-0.05, 0) is 64.0 Å². The Balaban J connectivity index is 1.28. The number of nitrogens with zero attached hydrogens (tertiary/aromatic N) is 4. The van der Waals surface area contributed by atoms with Gasteiger partial charge < -0.3 is 9.80 Å². The minimum atomic E-state index is 0.185. The lowest BCUT2D eigenvalue weighted by molar-refractivity contribution is -0.137. The monoisotopic (exact) mass is 364 g/mol. The molecular formula is C22H28N4O. The Morgan fingerprint density at radius 2 is 1.89 bits per heavy atom. The first-order valence-corrected chi connectivity index (χ1v) is 10.4. The zero-order valence-electron chi connectivity index (χ0n) is 16.3. The molecule has 2 bridgehead atoms. The Labute approximate surface area is 160 Å².